The average molecular weight is 336 g/mol. The second-order valence-electron chi connectivity index (χ2n) is 6.33. The SMILES string of the molecule is C#CC(CCC)Oc1cc2c(c(F)c1F)OC(CCCCC)CC2. The molecule has 24 heavy (non-hydrogen) atoms. The number of halogens is 2. The molecule has 4 heteroatoms. The number of hydrogen-bond donors (Lipinski definition) is 0. The second kappa shape index (κ2) is 8.92. The van der Waals surface area contributed by atoms with Crippen molar-refractivity contribution in [3.63, 3.8) is 0 Å². The molecule has 1 heterocycles. The van der Waals surface area contributed by atoms with Crippen molar-refractivity contribution in [2.24, 2.45) is 0 Å². The molecule has 0 amide bonds. The fourth-order valence-electron chi connectivity index (χ4n) is 2.99. The predicted octanol–water partition coefficient (Wildman–Crippen LogP) is 5.42. The molecule has 0 aliphatic carbocycles. The first-order valence-electron chi connectivity index (χ1n) is 8.90. The summed E-state index contributed by atoms with van der Waals surface area (Å²) < 4.78 is 39.9. The van der Waals surface area contributed by atoms with Gasteiger partial charge in [-0.1, -0.05) is 39.0 Å². The molecule has 0 fully saturated rings. The minimum Gasteiger partial charge on any atom is -0.487 e. The van der Waals surface area contributed by atoms with Gasteiger partial charge in [-0.15, -0.1) is 6.42 Å². The lowest BCUT2D eigenvalue weighted by Crippen LogP contribution is -2.24. The van der Waals surface area contributed by atoms with Gasteiger partial charge in [0.2, 0.25) is 11.6 Å². The normalized spacial score (nSPS) is 17.5. The average Bonchev–Trinajstić information content (AvgIpc) is 2.59. The van der Waals surface area contributed by atoms with Crippen molar-refractivity contribution < 1.29 is 18.3 Å². The molecule has 0 saturated carbocycles. The van der Waals surface area contributed by atoms with Crippen LogP contribution in [0.3, 0.4) is 0 Å². The quantitative estimate of drug-likeness (QED) is 0.466. The molecule has 2 rings (SSSR count). The fraction of sp³-hybridized carbons (Fsp3) is 0.600. The highest BCUT2D eigenvalue weighted by Gasteiger charge is 2.28. The van der Waals surface area contributed by atoms with Crippen molar-refractivity contribution in [2.45, 2.75) is 77.4 Å². The number of benzene rings is 1. The van der Waals surface area contributed by atoms with Crippen molar-refractivity contribution in [1.82, 2.24) is 0 Å². The Bertz CT molecular complexity index is 592. The number of ether oxygens (including phenoxy) is 2. The van der Waals surface area contributed by atoms with E-state index >= 15 is 0 Å². The van der Waals surface area contributed by atoms with Gasteiger partial charge in [0.05, 0.1) is 6.10 Å². The Morgan fingerprint density at radius 1 is 1.29 bits per heavy atom. The summed E-state index contributed by atoms with van der Waals surface area (Å²) in [6, 6.07) is 1.54. The minimum atomic E-state index is -1.01. The molecule has 0 N–H and O–H groups in total. The fourth-order valence-corrected chi connectivity index (χ4v) is 2.99. The Morgan fingerprint density at radius 3 is 2.75 bits per heavy atom. The zero-order valence-electron chi connectivity index (χ0n) is 14.5. The maximum atomic E-state index is 14.4. The zero-order chi connectivity index (χ0) is 17.5. The van der Waals surface area contributed by atoms with E-state index in [9.17, 15) is 8.78 Å². The summed E-state index contributed by atoms with van der Waals surface area (Å²) in [4.78, 5) is 0. The van der Waals surface area contributed by atoms with E-state index in [2.05, 4.69) is 12.8 Å². The molecular weight excluding hydrogens is 310 g/mol. The first kappa shape index (κ1) is 18.6. The van der Waals surface area contributed by atoms with E-state index in [0.717, 1.165) is 38.5 Å². The predicted molar refractivity (Wildman–Crippen MR) is 91.4 cm³/mol. The van der Waals surface area contributed by atoms with Gasteiger partial charge >= 0.3 is 0 Å². The van der Waals surface area contributed by atoms with E-state index in [1.807, 2.05) is 6.92 Å². The van der Waals surface area contributed by atoms with Crippen molar-refractivity contribution in [3.8, 4) is 23.8 Å². The molecular formula is C20H26F2O2. The van der Waals surface area contributed by atoms with E-state index in [0.29, 0.717) is 18.4 Å². The van der Waals surface area contributed by atoms with Crippen molar-refractivity contribution in [1.29, 1.82) is 0 Å². The van der Waals surface area contributed by atoms with Crippen molar-refractivity contribution in [3.05, 3.63) is 23.3 Å². The van der Waals surface area contributed by atoms with Crippen LogP contribution in [0.5, 0.6) is 11.5 Å². The lowest BCUT2D eigenvalue weighted by Gasteiger charge is -2.27. The Labute approximate surface area is 143 Å². The molecule has 2 atom stereocenters. The third kappa shape index (κ3) is 4.41. The number of terminal acetylenes is 1. The molecule has 0 spiro atoms. The van der Waals surface area contributed by atoms with E-state index < -0.39 is 17.7 Å². The Balaban J connectivity index is 2.15. The number of aryl methyl sites for hydroxylation is 1. The van der Waals surface area contributed by atoms with E-state index in [1.54, 1.807) is 0 Å². The van der Waals surface area contributed by atoms with E-state index in [-0.39, 0.29) is 17.6 Å². The third-order valence-corrected chi connectivity index (χ3v) is 4.36. The van der Waals surface area contributed by atoms with Gasteiger partial charge in [0.1, 0.15) is 0 Å². The van der Waals surface area contributed by atoms with Gasteiger partial charge in [-0.05, 0) is 38.2 Å². The number of hydrogen-bond acceptors (Lipinski definition) is 2. The van der Waals surface area contributed by atoms with Gasteiger partial charge in [-0.25, -0.2) is 0 Å². The first-order valence-corrected chi connectivity index (χ1v) is 8.90. The smallest absolute Gasteiger partial charge is 0.204 e. The lowest BCUT2D eigenvalue weighted by molar-refractivity contribution is 0.148. The van der Waals surface area contributed by atoms with Crippen LogP contribution in [0.1, 0.15) is 64.4 Å². The molecule has 1 aliphatic heterocycles. The second-order valence-corrected chi connectivity index (χ2v) is 6.33. The van der Waals surface area contributed by atoms with Crippen LogP contribution in [0, 0.1) is 24.0 Å². The molecule has 1 aromatic carbocycles. The van der Waals surface area contributed by atoms with Crippen LogP contribution in [0.4, 0.5) is 8.78 Å². The molecule has 0 aromatic heterocycles. The molecule has 1 aromatic rings. The number of fused-ring (bicyclic) bond motifs is 1. The number of unbranched alkanes of at least 4 members (excludes halogenated alkanes) is 2. The van der Waals surface area contributed by atoms with Crippen LogP contribution in [-0.4, -0.2) is 12.2 Å². The van der Waals surface area contributed by atoms with Crippen molar-refractivity contribution >= 4 is 0 Å². The summed E-state index contributed by atoms with van der Waals surface area (Å²) >= 11 is 0. The van der Waals surface area contributed by atoms with Crippen molar-refractivity contribution in [2.75, 3.05) is 0 Å². The summed E-state index contributed by atoms with van der Waals surface area (Å²) in [5, 5.41) is 0. The van der Waals surface area contributed by atoms with Gasteiger partial charge in [0.25, 0.3) is 0 Å². The van der Waals surface area contributed by atoms with E-state index in [4.69, 9.17) is 15.9 Å². The Morgan fingerprint density at radius 2 is 2.08 bits per heavy atom. The van der Waals surface area contributed by atoms with Gasteiger partial charge < -0.3 is 9.47 Å². The Hall–Kier alpha value is -1.76. The van der Waals surface area contributed by atoms with Crippen LogP contribution in [-0.2, 0) is 6.42 Å². The standard InChI is InChI=1S/C20H26F2O2/c1-4-7-8-10-16-12-11-14-13-17(23-15(6-3)9-5-2)18(21)19(22)20(14)24-16/h3,13,15-16H,4-5,7-12H2,1-2H3. The highest BCUT2D eigenvalue weighted by molar-refractivity contribution is 5.44. The van der Waals surface area contributed by atoms with Crippen LogP contribution in [0.2, 0.25) is 0 Å². The zero-order valence-corrected chi connectivity index (χ0v) is 14.5. The Kier molecular flexibility index (Phi) is 6.90. The molecule has 0 saturated heterocycles. The highest BCUT2D eigenvalue weighted by Crippen LogP contribution is 2.38. The maximum Gasteiger partial charge on any atom is 0.204 e. The third-order valence-electron chi connectivity index (χ3n) is 4.36. The van der Waals surface area contributed by atoms with Crippen LogP contribution >= 0.6 is 0 Å². The molecule has 1 aliphatic rings. The number of rotatable bonds is 8. The largest absolute Gasteiger partial charge is 0.487 e. The summed E-state index contributed by atoms with van der Waals surface area (Å²) in [5.74, 6) is 0.421. The molecule has 2 unspecified atom stereocenters. The minimum absolute atomic E-state index is 0.0386. The first-order chi connectivity index (χ1) is 11.6. The van der Waals surface area contributed by atoms with Gasteiger partial charge in [0, 0.05) is 5.56 Å². The monoisotopic (exact) mass is 336 g/mol. The summed E-state index contributed by atoms with van der Waals surface area (Å²) in [6.45, 7) is 4.10. The van der Waals surface area contributed by atoms with Gasteiger partial charge in [0.15, 0.2) is 17.6 Å². The molecule has 0 radical (unpaired) electrons. The summed E-state index contributed by atoms with van der Waals surface area (Å²) in [6.07, 6.45) is 11.9. The summed E-state index contributed by atoms with van der Waals surface area (Å²) in [7, 11) is 0. The van der Waals surface area contributed by atoms with Gasteiger partial charge in [-0.3, -0.25) is 0 Å². The highest BCUT2D eigenvalue weighted by atomic mass is 19.2. The summed E-state index contributed by atoms with van der Waals surface area (Å²) in [5.41, 5.74) is 0.655. The lowest BCUT2D eigenvalue weighted by atomic mass is 9.98. The van der Waals surface area contributed by atoms with Crippen LogP contribution < -0.4 is 9.47 Å². The van der Waals surface area contributed by atoms with Gasteiger partial charge in [-0.2, -0.15) is 8.78 Å². The molecule has 2 nitrogen and oxygen atoms in total. The molecule has 0 bridgehead atoms. The van der Waals surface area contributed by atoms with E-state index in [1.165, 1.54) is 6.07 Å². The van der Waals surface area contributed by atoms with Crippen LogP contribution in [0.25, 0.3) is 0 Å². The molecule has 132 valence electrons. The van der Waals surface area contributed by atoms with Crippen LogP contribution in [0.15, 0.2) is 6.07 Å². The topological polar surface area (TPSA) is 18.5 Å². The maximum absolute atomic E-state index is 14.4.